The summed E-state index contributed by atoms with van der Waals surface area (Å²) in [5, 5.41) is 14.9. The van der Waals surface area contributed by atoms with Crippen LogP contribution in [0, 0.1) is 10.1 Å². The molecule has 2 aromatic carbocycles. The number of thiocarbonyl (C=S) groups is 1. The maximum Gasteiger partial charge on any atom is 0.270 e. The van der Waals surface area contributed by atoms with Crippen LogP contribution in [0.2, 0.25) is 0 Å². The Kier molecular flexibility index (Phi) is 3.21. The molecule has 2 atom stereocenters. The van der Waals surface area contributed by atoms with Gasteiger partial charge >= 0.3 is 0 Å². The molecule has 2 aromatic rings. The molecule has 2 aliphatic heterocycles. The molecule has 0 amide bonds. The number of fused-ring (bicyclic) bond motifs is 4. The number of nitro groups is 1. The highest BCUT2D eigenvalue weighted by molar-refractivity contribution is 7.80. The van der Waals surface area contributed by atoms with Gasteiger partial charge in [-0.3, -0.25) is 15.0 Å². The van der Waals surface area contributed by atoms with E-state index in [1.54, 1.807) is 12.1 Å². The summed E-state index contributed by atoms with van der Waals surface area (Å²) in [5.74, 6) is 0.648. The van der Waals surface area contributed by atoms with E-state index in [0.29, 0.717) is 17.3 Å². The first-order valence-corrected chi connectivity index (χ1v) is 8.02. The topological polar surface area (TPSA) is 67.6 Å². The Morgan fingerprint density at radius 1 is 1.33 bits per heavy atom. The van der Waals surface area contributed by atoms with E-state index < -0.39 is 10.6 Å². The van der Waals surface area contributed by atoms with Gasteiger partial charge in [0.2, 0.25) is 0 Å². The molecule has 4 rings (SSSR count). The highest BCUT2D eigenvalue weighted by Crippen LogP contribution is 2.46. The molecule has 2 aliphatic rings. The van der Waals surface area contributed by atoms with E-state index in [1.165, 1.54) is 6.07 Å². The third-order valence-corrected chi connectivity index (χ3v) is 4.78. The molecular formula is C17H15N3O3S. The van der Waals surface area contributed by atoms with Crippen molar-refractivity contribution in [2.75, 3.05) is 4.90 Å². The SMILES string of the molecule is C[C@@]12C[C@@H](NC(=S)N1c1ccccc1)c1cc([N+](=O)[O-])ccc1O2. The summed E-state index contributed by atoms with van der Waals surface area (Å²) >= 11 is 5.55. The van der Waals surface area contributed by atoms with Crippen LogP contribution in [-0.4, -0.2) is 15.8 Å². The first-order valence-electron chi connectivity index (χ1n) is 7.61. The fourth-order valence-electron chi connectivity index (χ4n) is 3.44. The molecule has 1 saturated heterocycles. The summed E-state index contributed by atoms with van der Waals surface area (Å²) in [5.41, 5.74) is 1.13. The molecular weight excluding hydrogens is 326 g/mol. The van der Waals surface area contributed by atoms with Crippen molar-refractivity contribution in [2.24, 2.45) is 0 Å². The Balaban J connectivity index is 1.79. The van der Waals surface area contributed by atoms with Gasteiger partial charge in [0.1, 0.15) is 5.75 Å². The van der Waals surface area contributed by atoms with Gasteiger partial charge in [0, 0.05) is 29.8 Å². The second-order valence-corrected chi connectivity index (χ2v) is 6.52. The van der Waals surface area contributed by atoms with Crippen molar-refractivity contribution >= 4 is 28.7 Å². The quantitative estimate of drug-likeness (QED) is 0.512. The van der Waals surface area contributed by atoms with Gasteiger partial charge in [-0.15, -0.1) is 0 Å². The van der Waals surface area contributed by atoms with Crippen LogP contribution >= 0.6 is 12.2 Å². The molecule has 1 N–H and O–H groups in total. The Morgan fingerprint density at radius 2 is 2.08 bits per heavy atom. The van der Waals surface area contributed by atoms with E-state index in [2.05, 4.69) is 5.32 Å². The molecule has 0 aromatic heterocycles. The molecule has 24 heavy (non-hydrogen) atoms. The van der Waals surface area contributed by atoms with E-state index in [-0.39, 0.29) is 11.7 Å². The predicted octanol–water partition coefficient (Wildman–Crippen LogP) is 3.53. The van der Waals surface area contributed by atoms with Gasteiger partial charge in [-0.05, 0) is 37.3 Å². The van der Waals surface area contributed by atoms with Crippen LogP contribution in [0.1, 0.15) is 24.9 Å². The number of para-hydroxylation sites is 1. The first kappa shape index (κ1) is 14.9. The number of hydrogen-bond donors (Lipinski definition) is 1. The van der Waals surface area contributed by atoms with Crippen molar-refractivity contribution in [2.45, 2.75) is 25.1 Å². The van der Waals surface area contributed by atoms with Gasteiger partial charge in [0.15, 0.2) is 10.8 Å². The van der Waals surface area contributed by atoms with Crippen molar-refractivity contribution in [3.8, 4) is 5.75 Å². The average molecular weight is 341 g/mol. The van der Waals surface area contributed by atoms with Crippen LogP contribution in [0.25, 0.3) is 0 Å². The average Bonchev–Trinajstić information content (AvgIpc) is 2.54. The number of rotatable bonds is 2. The molecule has 0 unspecified atom stereocenters. The molecule has 0 spiro atoms. The van der Waals surface area contributed by atoms with E-state index >= 15 is 0 Å². The molecule has 1 fully saturated rings. The molecule has 6 nitrogen and oxygen atoms in total. The zero-order chi connectivity index (χ0) is 16.9. The maximum absolute atomic E-state index is 11.0. The summed E-state index contributed by atoms with van der Waals surface area (Å²) in [6.45, 7) is 1.99. The zero-order valence-corrected chi connectivity index (χ0v) is 13.7. The zero-order valence-electron chi connectivity index (χ0n) is 12.9. The van der Waals surface area contributed by atoms with Gasteiger partial charge in [-0.1, -0.05) is 18.2 Å². The van der Waals surface area contributed by atoms with Crippen LogP contribution in [-0.2, 0) is 0 Å². The summed E-state index contributed by atoms with van der Waals surface area (Å²) in [6.07, 6.45) is 0.635. The number of non-ortho nitro benzene ring substituents is 1. The number of benzene rings is 2. The maximum atomic E-state index is 11.0. The molecule has 0 aliphatic carbocycles. The molecule has 0 radical (unpaired) electrons. The van der Waals surface area contributed by atoms with Crippen molar-refractivity contribution in [1.82, 2.24) is 5.32 Å². The highest BCUT2D eigenvalue weighted by atomic mass is 32.1. The van der Waals surface area contributed by atoms with Gasteiger partial charge < -0.3 is 10.1 Å². The second kappa shape index (κ2) is 5.17. The minimum Gasteiger partial charge on any atom is -0.467 e. The highest BCUT2D eigenvalue weighted by Gasteiger charge is 2.48. The summed E-state index contributed by atoms with van der Waals surface area (Å²) in [6, 6.07) is 14.4. The van der Waals surface area contributed by atoms with E-state index in [1.807, 2.05) is 42.2 Å². The van der Waals surface area contributed by atoms with Gasteiger partial charge in [0.25, 0.3) is 5.69 Å². The summed E-state index contributed by atoms with van der Waals surface area (Å²) in [4.78, 5) is 12.6. The summed E-state index contributed by atoms with van der Waals surface area (Å²) < 4.78 is 6.24. The first-order chi connectivity index (χ1) is 11.5. The molecule has 7 heteroatoms. The van der Waals surface area contributed by atoms with Crippen LogP contribution in [0.3, 0.4) is 0 Å². The third-order valence-electron chi connectivity index (χ3n) is 4.48. The third kappa shape index (κ3) is 2.20. The fourth-order valence-corrected chi connectivity index (χ4v) is 3.88. The van der Waals surface area contributed by atoms with Gasteiger partial charge in [0.05, 0.1) is 11.0 Å². The lowest BCUT2D eigenvalue weighted by Gasteiger charge is -2.52. The summed E-state index contributed by atoms with van der Waals surface area (Å²) in [7, 11) is 0. The largest absolute Gasteiger partial charge is 0.467 e. The Morgan fingerprint density at radius 3 is 2.79 bits per heavy atom. The van der Waals surface area contributed by atoms with Crippen LogP contribution in [0.4, 0.5) is 11.4 Å². The smallest absolute Gasteiger partial charge is 0.270 e. The standard InChI is InChI=1S/C17H15N3O3S/c1-17-10-14(13-9-12(20(21)22)7-8-15(13)23-17)18-16(24)19(17)11-5-3-2-4-6-11/h2-9,14H,10H2,1H3,(H,18,24)/t14-,17-/m1/s1. The Hall–Kier alpha value is -2.67. The number of ether oxygens (including phenoxy) is 1. The Labute approximate surface area is 144 Å². The van der Waals surface area contributed by atoms with Crippen LogP contribution in [0.15, 0.2) is 48.5 Å². The van der Waals surface area contributed by atoms with E-state index in [0.717, 1.165) is 11.3 Å². The van der Waals surface area contributed by atoms with Crippen LogP contribution in [0.5, 0.6) is 5.75 Å². The number of anilines is 1. The monoisotopic (exact) mass is 341 g/mol. The number of nitrogens with zero attached hydrogens (tertiary/aromatic N) is 2. The van der Waals surface area contributed by atoms with E-state index in [9.17, 15) is 10.1 Å². The molecule has 2 bridgehead atoms. The van der Waals surface area contributed by atoms with E-state index in [4.69, 9.17) is 17.0 Å². The normalized spacial score (nSPS) is 24.6. The lowest BCUT2D eigenvalue weighted by Crippen LogP contribution is -2.65. The lowest BCUT2D eigenvalue weighted by molar-refractivity contribution is -0.385. The van der Waals surface area contributed by atoms with Gasteiger partial charge in [-0.25, -0.2) is 0 Å². The predicted molar refractivity (Wildman–Crippen MR) is 94.1 cm³/mol. The van der Waals surface area contributed by atoms with Crippen molar-refractivity contribution in [3.05, 3.63) is 64.2 Å². The van der Waals surface area contributed by atoms with Crippen molar-refractivity contribution in [3.63, 3.8) is 0 Å². The molecule has 0 saturated carbocycles. The van der Waals surface area contributed by atoms with Gasteiger partial charge in [-0.2, -0.15) is 0 Å². The number of nitro benzene ring substituents is 1. The Bertz CT molecular complexity index is 842. The number of nitrogens with one attached hydrogen (secondary N) is 1. The second-order valence-electron chi connectivity index (χ2n) is 6.13. The molecule has 2 heterocycles. The lowest BCUT2D eigenvalue weighted by atomic mass is 9.90. The van der Waals surface area contributed by atoms with Crippen molar-refractivity contribution in [1.29, 1.82) is 0 Å². The number of hydrogen-bond acceptors (Lipinski definition) is 4. The molecule has 122 valence electrons. The minimum atomic E-state index is -0.641. The van der Waals surface area contributed by atoms with Crippen LogP contribution < -0.4 is 15.0 Å². The fraction of sp³-hybridized carbons (Fsp3) is 0.235. The minimum absolute atomic E-state index is 0.0548. The van der Waals surface area contributed by atoms with Crippen molar-refractivity contribution < 1.29 is 9.66 Å².